The second kappa shape index (κ2) is 13.8. The van der Waals surface area contributed by atoms with Gasteiger partial charge < -0.3 is 19.1 Å². The van der Waals surface area contributed by atoms with Crippen molar-refractivity contribution in [3.8, 4) is 12.3 Å². The van der Waals surface area contributed by atoms with E-state index in [-0.39, 0.29) is 17.3 Å². The molecule has 0 radical (unpaired) electrons. The third-order valence-electron chi connectivity index (χ3n) is 3.80. The van der Waals surface area contributed by atoms with Crippen molar-refractivity contribution in [2.75, 3.05) is 20.1 Å². The minimum Gasteiger partial charge on any atom is -0.462 e. The van der Waals surface area contributed by atoms with Gasteiger partial charge in [-0.2, -0.15) is 13.2 Å². The number of hydrogen-bond acceptors (Lipinski definition) is 7. The Morgan fingerprint density at radius 2 is 1.71 bits per heavy atom. The van der Waals surface area contributed by atoms with Gasteiger partial charge in [0.25, 0.3) is 6.47 Å². The summed E-state index contributed by atoms with van der Waals surface area (Å²) in [6.45, 7) is 10.9. The summed E-state index contributed by atoms with van der Waals surface area (Å²) >= 11 is -0.557. The molecule has 1 aliphatic rings. The van der Waals surface area contributed by atoms with Crippen LogP contribution in [0.4, 0.5) is 13.2 Å². The van der Waals surface area contributed by atoms with Crippen molar-refractivity contribution in [2.24, 2.45) is 0 Å². The topological polar surface area (TPSA) is 91.7 Å². The van der Waals surface area contributed by atoms with Crippen LogP contribution in [-0.2, 0) is 14.3 Å². The summed E-state index contributed by atoms with van der Waals surface area (Å²) < 4.78 is 45.3. The van der Waals surface area contributed by atoms with Crippen molar-refractivity contribution >= 4 is 24.4 Å². The average Bonchev–Trinajstić information content (AvgIpc) is 3.23. The summed E-state index contributed by atoms with van der Waals surface area (Å²) in [5, 5.41) is 9.45. The molecule has 2 rings (SSSR count). The van der Waals surface area contributed by atoms with Gasteiger partial charge >= 0.3 is 5.51 Å². The SMILES string of the molecule is C#N.CC(C)(C)OC=O.CNC(C(=O)N1CCCC1)c1ccc(OSC(F)(F)F)cc1. The molecule has 31 heavy (non-hydrogen) atoms. The van der Waals surface area contributed by atoms with Gasteiger partial charge in [-0.15, -0.1) is 0 Å². The van der Waals surface area contributed by atoms with Crippen LogP contribution in [0.3, 0.4) is 0 Å². The number of amides is 1. The van der Waals surface area contributed by atoms with Gasteiger partial charge in [0.15, 0.2) is 12.0 Å². The number of alkyl halides is 3. The molecule has 1 aromatic carbocycles. The summed E-state index contributed by atoms with van der Waals surface area (Å²) in [7, 11) is 1.68. The zero-order chi connectivity index (χ0) is 24.1. The maximum atomic E-state index is 12.4. The molecule has 1 aliphatic heterocycles. The van der Waals surface area contributed by atoms with E-state index in [0.29, 0.717) is 12.0 Å². The third kappa shape index (κ3) is 12.1. The van der Waals surface area contributed by atoms with Crippen LogP contribution >= 0.6 is 12.0 Å². The van der Waals surface area contributed by atoms with Gasteiger partial charge in [-0.25, -0.2) is 5.26 Å². The number of benzene rings is 1. The van der Waals surface area contributed by atoms with Crippen LogP contribution in [0.5, 0.6) is 5.75 Å². The second-order valence-electron chi connectivity index (χ2n) is 7.26. The average molecular weight is 464 g/mol. The van der Waals surface area contributed by atoms with Crippen molar-refractivity contribution in [3.05, 3.63) is 29.8 Å². The molecule has 1 aromatic rings. The lowest BCUT2D eigenvalue weighted by molar-refractivity contribution is -0.138. The predicted molar refractivity (Wildman–Crippen MR) is 112 cm³/mol. The van der Waals surface area contributed by atoms with Gasteiger partial charge in [-0.3, -0.25) is 9.59 Å². The zero-order valence-corrected chi connectivity index (χ0v) is 18.8. The lowest BCUT2D eigenvalue weighted by Crippen LogP contribution is -2.38. The molecule has 1 atom stereocenters. The van der Waals surface area contributed by atoms with Crippen LogP contribution in [0.1, 0.15) is 45.2 Å². The van der Waals surface area contributed by atoms with E-state index >= 15 is 0 Å². The van der Waals surface area contributed by atoms with E-state index in [1.165, 1.54) is 12.1 Å². The van der Waals surface area contributed by atoms with E-state index in [1.807, 2.05) is 20.8 Å². The molecule has 0 bridgehead atoms. The number of ether oxygens (including phenoxy) is 1. The smallest absolute Gasteiger partial charge is 0.462 e. The largest absolute Gasteiger partial charge is 0.479 e. The Morgan fingerprint density at radius 1 is 1.19 bits per heavy atom. The molecule has 0 aliphatic carbocycles. The van der Waals surface area contributed by atoms with Crippen LogP contribution in [0.2, 0.25) is 0 Å². The number of nitrogens with zero attached hydrogens (tertiary/aromatic N) is 2. The first-order valence-corrected chi connectivity index (χ1v) is 10.1. The number of carbonyl (C=O) groups is 2. The van der Waals surface area contributed by atoms with Gasteiger partial charge in [0, 0.05) is 19.7 Å². The summed E-state index contributed by atoms with van der Waals surface area (Å²) in [4.78, 5) is 23.8. The second-order valence-corrected chi connectivity index (χ2v) is 8.06. The van der Waals surface area contributed by atoms with Crippen molar-refractivity contribution in [1.82, 2.24) is 10.2 Å². The Hall–Kier alpha value is -2.45. The fourth-order valence-electron chi connectivity index (χ4n) is 2.51. The minimum atomic E-state index is -4.45. The Balaban J connectivity index is 0.000000852. The fourth-order valence-corrected chi connectivity index (χ4v) is 2.81. The molecule has 0 spiro atoms. The number of halogens is 3. The summed E-state index contributed by atoms with van der Waals surface area (Å²) in [5.74, 6) is 0.0767. The lowest BCUT2D eigenvalue weighted by atomic mass is 10.1. The van der Waals surface area contributed by atoms with Crippen LogP contribution < -0.4 is 9.50 Å². The molecule has 1 N–H and O–H groups in total. The molecule has 1 amide bonds. The van der Waals surface area contributed by atoms with Gasteiger partial charge in [0.1, 0.15) is 17.4 Å². The molecular formula is C20H28F3N3O4S. The molecule has 1 unspecified atom stereocenters. The predicted octanol–water partition coefficient (Wildman–Crippen LogP) is 4.21. The van der Waals surface area contributed by atoms with Crippen LogP contribution in [0, 0.1) is 11.8 Å². The number of likely N-dealkylation sites (tertiary alicyclic amines) is 1. The normalized spacial score (nSPS) is 14.3. The zero-order valence-electron chi connectivity index (χ0n) is 17.9. The molecule has 1 heterocycles. The van der Waals surface area contributed by atoms with E-state index in [0.717, 1.165) is 25.9 Å². The first-order valence-electron chi connectivity index (χ1n) is 9.32. The van der Waals surface area contributed by atoms with Crippen LogP contribution in [0.15, 0.2) is 24.3 Å². The van der Waals surface area contributed by atoms with Gasteiger partial charge in [0.2, 0.25) is 5.91 Å². The Labute approximate surface area is 185 Å². The molecular weight excluding hydrogens is 435 g/mol. The number of likely N-dealkylation sites (N-methyl/N-ethyl adjacent to an activating group) is 1. The van der Waals surface area contributed by atoms with E-state index in [2.05, 4.69) is 20.8 Å². The highest BCUT2D eigenvalue weighted by Gasteiger charge is 2.31. The number of hydrogen-bond donors (Lipinski definition) is 1. The standard InChI is InChI=1S/C14H17F3N2O2S.C5H10O2.CHN/c1-18-12(13(20)19-8-2-3-9-19)10-4-6-11(7-5-10)21-22-14(15,16)17;1-5(2,3)7-4-6;1-2/h4-7,12,18H,2-3,8-9H2,1H3;4H,1-3H3;1H. The van der Waals surface area contributed by atoms with Crippen LogP contribution in [0.25, 0.3) is 0 Å². The van der Waals surface area contributed by atoms with Gasteiger partial charge in [-0.05, 0) is 58.4 Å². The van der Waals surface area contributed by atoms with Crippen molar-refractivity contribution < 1.29 is 31.7 Å². The third-order valence-corrected chi connectivity index (χ3v) is 4.27. The van der Waals surface area contributed by atoms with Crippen molar-refractivity contribution in [1.29, 1.82) is 5.26 Å². The molecule has 1 fully saturated rings. The summed E-state index contributed by atoms with van der Waals surface area (Å²) in [6, 6.07) is 5.55. The number of rotatable bonds is 6. The highest BCUT2D eigenvalue weighted by atomic mass is 32.2. The molecule has 11 heteroatoms. The van der Waals surface area contributed by atoms with Gasteiger partial charge in [0.05, 0.1) is 0 Å². The lowest BCUT2D eigenvalue weighted by Gasteiger charge is -2.23. The maximum Gasteiger partial charge on any atom is 0.479 e. The van der Waals surface area contributed by atoms with E-state index in [9.17, 15) is 22.8 Å². The Kier molecular flexibility index (Phi) is 12.7. The Morgan fingerprint density at radius 3 is 2.06 bits per heavy atom. The molecule has 1 saturated heterocycles. The Bertz CT molecular complexity index is 686. The van der Waals surface area contributed by atoms with Crippen molar-refractivity contribution in [2.45, 2.75) is 50.8 Å². The fraction of sp³-hybridized carbons (Fsp3) is 0.550. The highest BCUT2D eigenvalue weighted by molar-refractivity contribution is 7.95. The molecule has 0 saturated carbocycles. The first kappa shape index (κ1) is 28.5. The van der Waals surface area contributed by atoms with Gasteiger partial charge in [-0.1, -0.05) is 12.1 Å². The number of nitriles is 1. The molecule has 174 valence electrons. The summed E-state index contributed by atoms with van der Waals surface area (Å²) in [6.07, 6.45) is 2.01. The number of carbonyl (C=O) groups excluding carboxylic acids is 2. The molecule has 7 nitrogen and oxygen atoms in total. The minimum absolute atomic E-state index is 0.0154. The summed E-state index contributed by atoms with van der Waals surface area (Å²) in [5.41, 5.74) is -4.07. The quantitative estimate of drug-likeness (QED) is 0.499. The van der Waals surface area contributed by atoms with E-state index in [1.54, 1.807) is 24.1 Å². The van der Waals surface area contributed by atoms with Crippen LogP contribution in [-0.4, -0.2) is 48.5 Å². The number of nitrogens with one attached hydrogen (secondary N) is 1. The van der Waals surface area contributed by atoms with E-state index < -0.39 is 23.6 Å². The highest BCUT2D eigenvalue weighted by Crippen LogP contribution is 2.33. The van der Waals surface area contributed by atoms with Crippen molar-refractivity contribution in [3.63, 3.8) is 0 Å². The van der Waals surface area contributed by atoms with E-state index in [4.69, 9.17) is 5.26 Å². The maximum absolute atomic E-state index is 12.4. The monoisotopic (exact) mass is 463 g/mol. The molecule has 0 aromatic heterocycles. The first-order chi connectivity index (χ1) is 14.5.